The van der Waals surface area contributed by atoms with Gasteiger partial charge in [-0.05, 0) is 42.5 Å². The van der Waals surface area contributed by atoms with E-state index in [1.54, 1.807) is 0 Å². The average Bonchev–Trinajstić information content (AvgIpc) is 2.54. The number of carboxylic acids is 1. The van der Waals surface area contributed by atoms with E-state index >= 15 is 0 Å². The van der Waals surface area contributed by atoms with Gasteiger partial charge in [-0.2, -0.15) is 5.11 Å². The van der Waals surface area contributed by atoms with Crippen LogP contribution >= 0.6 is 0 Å². The first-order chi connectivity index (χ1) is 11.3. The lowest BCUT2D eigenvalue weighted by Crippen LogP contribution is -2.09. The number of aliphatic hydroxyl groups excluding tert-OH is 1. The topological polar surface area (TPSA) is 137 Å². The summed E-state index contributed by atoms with van der Waals surface area (Å²) < 4.78 is 23.5. The summed E-state index contributed by atoms with van der Waals surface area (Å²) in [6.07, 6.45) is 0. The number of aliphatic hydroxyl groups is 1. The maximum atomic E-state index is 11.8. The Labute approximate surface area is 137 Å². The number of carboxylic acid groups (broad SMARTS) is 1. The van der Waals surface area contributed by atoms with Gasteiger partial charge >= 0.3 is 5.97 Å². The molecule has 9 heteroatoms. The summed E-state index contributed by atoms with van der Waals surface area (Å²) in [7, 11) is -3.54. The molecule has 8 nitrogen and oxygen atoms in total. The molecule has 0 bridgehead atoms. The third kappa shape index (κ3) is 4.15. The molecule has 3 N–H and O–H groups in total. The van der Waals surface area contributed by atoms with Gasteiger partial charge in [-0.25, -0.2) is 13.2 Å². The van der Waals surface area contributed by atoms with Crippen molar-refractivity contribution in [3.05, 3.63) is 48.0 Å². The van der Waals surface area contributed by atoms with Gasteiger partial charge in [-0.15, -0.1) is 5.11 Å². The van der Waals surface area contributed by atoms with Gasteiger partial charge in [0.05, 0.1) is 28.5 Å². The fourth-order valence-corrected chi connectivity index (χ4v) is 2.83. The van der Waals surface area contributed by atoms with Crippen molar-refractivity contribution in [1.29, 1.82) is 0 Å². The highest BCUT2D eigenvalue weighted by atomic mass is 32.2. The monoisotopic (exact) mass is 350 g/mol. The van der Waals surface area contributed by atoms with Crippen molar-refractivity contribution < 1.29 is 28.5 Å². The number of phenols is 1. The Hall–Kier alpha value is -2.78. The van der Waals surface area contributed by atoms with E-state index in [-0.39, 0.29) is 27.6 Å². The number of benzene rings is 2. The molecule has 0 saturated carbocycles. The fourth-order valence-electron chi connectivity index (χ4n) is 1.81. The summed E-state index contributed by atoms with van der Waals surface area (Å²) in [5, 5.41) is 34.9. The highest BCUT2D eigenvalue weighted by Gasteiger charge is 2.13. The molecule has 0 unspecified atom stereocenters. The molecule has 0 atom stereocenters. The number of nitrogens with zero attached hydrogens (tertiary/aromatic N) is 2. The minimum atomic E-state index is -3.54. The first-order valence-electron chi connectivity index (χ1n) is 6.75. The van der Waals surface area contributed by atoms with Gasteiger partial charge in [-0.1, -0.05) is 0 Å². The lowest BCUT2D eigenvalue weighted by Gasteiger charge is -2.02. The smallest absolute Gasteiger partial charge is 0.335 e. The lowest BCUT2D eigenvalue weighted by molar-refractivity contribution is 0.0697. The zero-order valence-corrected chi connectivity index (χ0v) is 13.1. The molecule has 0 fully saturated rings. The third-order valence-electron chi connectivity index (χ3n) is 3.05. The molecular formula is C15H14N2O6S. The van der Waals surface area contributed by atoms with Crippen molar-refractivity contribution in [2.75, 3.05) is 12.4 Å². The van der Waals surface area contributed by atoms with Crippen LogP contribution in [0.15, 0.2) is 57.6 Å². The molecule has 0 spiro atoms. The van der Waals surface area contributed by atoms with Gasteiger partial charge in [0.1, 0.15) is 11.4 Å². The molecule has 0 saturated heterocycles. The van der Waals surface area contributed by atoms with E-state index in [1.165, 1.54) is 42.5 Å². The summed E-state index contributed by atoms with van der Waals surface area (Å²) >= 11 is 0. The number of azo groups is 1. The number of phenolic OH excluding ortho intramolecular Hbond substituents is 1. The van der Waals surface area contributed by atoms with Gasteiger partial charge in [0.15, 0.2) is 9.84 Å². The predicted molar refractivity (Wildman–Crippen MR) is 84.8 cm³/mol. The van der Waals surface area contributed by atoms with Crippen LogP contribution in [-0.2, 0) is 9.84 Å². The Morgan fingerprint density at radius 3 is 2.29 bits per heavy atom. The fraction of sp³-hybridized carbons (Fsp3) is 0.133. The number of rotatable bonds is 6. The van der Waals surface area contributed by atoms with E-state index < -0.39 is 22.4 Å². The number of hydrogen-bond donors (Lipinski definition) is 3. The maximum absolute atomic E-state index is 11.8. The Morgan fingerprint density at radius 2 is 1.71 bits per heavy atom. The maximum Gasteiger partial charge on any atom is 0.335 e. The highest BCUT2D eigenvalue weighted by molar-refractivity contribution is 7.91. The van der Waals surface area contributed by atoms with Gasteiger partial charge < -0.3 is 15.3 Å². The molecule has 0 radical (unpaired) electrons. The van der Waals surface area contributed by atoms with Crippen LogP contribution in [0.3, 0.4) is 0 Å². The summed E-state index contributed by atoms with van der Waals surface area (Å²) in [6, 6.07) is 9.07. The largest absolute Gasteiger partial charge is 0.506 e. The number of hydrogen-bond acceptors (Lipinski definition) is 7. The Balaban J connectivity index is 2.24. The molecular weight excluding hydrogens is 336 g/mol. The average molecular weight is 350 g/mol. The molecule has 24 heavy (non-hydrogen) atoms. The van der Waals surface area contributed by atoms with Crippen molar-refractivity contribution in [2.45, 2.75) is 4.90 Å². The standard InChI is InChI=1S/C15H14N2O6S/c18-7-8-24(22,23)12-4-2-11(3-5-12)16-17-13-9-10(15(20)21)1-6-14(13)19/h1-6,9,18-19H,7-8H2,(H,20,21). The van der Waals surface area contributed by atoms with Crippen LogP contribution in [0.2, 0.25) is 0 Å². The van der Waals surface area contributed by atoms with E-state index in [0.717, 1.165) is 0 Å². The van der Waals surface area contributed by atoms with Crippen LogP contribution in [0, 0.1) is 0 Å². The molecule has 2 aromatic carbocycles. The summed E-state index contributed by atoms with van der Waals surface area (Å²) in [4.78, 5) is 10.9. The molecule has 0 aliphatic heterocycles. The Morgan fingerprint density at radius 1 is 1.04 bits per heavy atom. The van der Waals surface area contributed by atoms with E-state index in [0.29, 0.717) is 5.69 Å². The lowest BCUT2D eigenvalue weighted by atomic mass is 10.2. The third-order valence-corrected chi connectivity index (χ3v) is 4.76. The minimum absolute atomic E-state index is 0.0214. The van der Waals surface area contributed by atoms with Crippen molar-refractivity contribution in [3.8, 4) is 5.75 Å². The normalized spacial score (nSPS) is 11.7. The SMILES string of the molecule is O=C(O)c1ccc(O)c(N=Nc2ccc(S(=O)(=O)CCO)cc2)c1. The van der Waals surface area contributed by atoms with Crippen LogP contribution in [0.4, 0.5) is 11.4 Å². The van der Waals surface area contributed by atoms with Crippen LogP contribution in [-0.4, -0.2) is 42.1 Å². The summed E-state index contributed by atoms with van der Waals surface area (Å²) in [6.45, 7) is -0.469. The van der Waals surface area contributed by atoms with E-state index in [9.17, 15) is 18.3 Å². The highest BCUT2D eigenvalue weighted by Crippen LogP contribution is 2.29. The second-order valence-corrected chi connectivity index (χ2v) is 6.85. The Bertz CT molecular complexity index is 875. The van der Waals surface area contributed by atoms with Crippen molar-refractivity contribution in [3.63, 3.8) is 0 Å². The second-order valence-electron chi connectivity index (χ2n) is 4.75. The molecule has 126 valence electrons. The van der Waals surface area contributed by atoms with Crippen LogP contribution < -0.4 is 0 Å². The van der Waals surface area contributed by atoms with Crippen LogP contribution in [0.1, 0.15) is 10.4 Å². The van der Waals surface area contributed by atoms with E-state index in [4.69, 9.17) is 10.2 Å². The number of aromatic carboxylic acids is 1. The van der Waals surface area contributed by atoms with E-state index in [2.05, 4.69) is 10.2 Å². The molecule has 0 aliphatic rings. The van der Waals surface area contributed by atoms with Crippen molar-refractivity contribution in [2.24, 2.45) is 10.2 Å². The first kappa shape index (κ1) is 17.6. The van der Waals surface area contributed by atoms with E-state index in [1.807, 2.05) is 0 Å². The van der Waals surface area contributed by atoms with Crippen LogP contribution in [0.25, 0.3) is 0 Å². The van der Waals surface area contributed by atoms with Gasteiger partial charge in [0.2, 0.25) is 0 Å². The number of sulfone groups is 1. The quantitative estimate of drug-likeness (QED) is 0.684. The number of carbonyl (C=O) groups is 1. The molecule has 2 rings (SSSR count). The van der Waals surface area contributed by atoms with Gasteiger partial charge in [-0.3, -0.25) is 0 Å². The van der Waals surface area contributed by atoms with Crippen LogP contribution in [0.5, 0.6) is 5.75 Å². The minimum Gasteiger partial charge on any atom is -0.506 e. The molecule has 0 heterocycles. The molecule has 0 amide bonds. The zero-order valence-electron chi connectivity index (χ0n) is 12.3. The van der Waals surface area contributed by atoms with Gasteiger partial charge in [0.25, 0.3) is 0 Å². The molecule has 0 aliphatic carbocycles. The molecule has 0 aromatic heterocycles. The zero-order chi connectivity index (χ0) is 17.7. The Kier molecular flexibility index (Phi) is 5.27. The van der Waals surface area contributed by atoms with Crippen molar-refractivity contribution >= 4 is 27.2 Å². The summed E-state index contributed by atoms with van der Waals surface area (Å²) in [5.41, 5.74) is 0.247. The van der Waals surface area contributed by atoms with Crippen molar-refractivity contribution in [1.82, 2.24) is 0 Å². The summed E-state index contributed by atoms with van der Waals surface area (Å²) in [5.74, 6) is -1.76. The number of aromatic hydroxyl groups is 1. The van der Waals surface area contributed by atoms with Gasteiger partial charge in [0, 0.05) is 0 Å². The first-order valence-corrected chi connectivity index (χ1v) is 8.40. The molecule has 2 aromatic rings. The second kappa shape index (κ2) is 7.20. The predicted octanol–water partition coefficient (Wildman–Crippen LogP) is 2.27.